The first kappa shape index (κ1) is 16.5. The molecular weight excluding hydrogens is 307 g/mol. The van der Waals surface area contributed by atoms with Crippen LogP contribution in [0, 0.1) is 0 Å². The van der Waals surface area contributed by atoms with Gasteiger partial charge >= 0.3 is 6.03 Å². The van der Waals surface area contributed by atoms with Gasteiger partial charge in [0, 0.05) is 5.54 Å². The van der Waals surface area contributed by atoms with Gasteiger partial charge in [-0.25, -0.2) is 9.48 Å². The fourth-order valence-electron chi connectivity index (χ4n) is 1.23. The van der Waals surface area contributed by atoms with Gasteiger partial charge in [0.05, 0.1) is 11.2 Å². The molecule has 7 nitrogen and oxygen atoms in total. The predicted octanol–water partition coefficient (Wildman–Crippen LogP) is 1.17. The van der Waals surface area contributed by atoms with Crippen molar-refractivity contribution >= 4 is 35.1 Å². The lowest BCUT2D eigenvalue weighted by Crippen LogP contribution is -2.49. The van der Waals surface area contributed by atoms with Gasteiger partial charge in [0.2, 0.25) is 5.91 Å². The summed E-state index contributed by atoms with van der Waals surface area (Å²) in [7, 11) is 0. The fraction of sp³-hybridized carbons (Fsp3) is 0.455. The van der Waals surface area contributed by atoms with Gasteiger partial charge in [-0.05, 0) is 20.8 Å². The number of urea groups is 1. The number of aromatic nitrogens is 2. The van der Waals surface area contributed by atoms with Crippen molar-refractivity contribution in [2.75, 3.05) is 0 Å². The van der Waals surface area contributed by atoms with Gasteiger partial charge in [0.25, 0.3) is 5.56 Å². The third kappa shape index (κ3) is 4.82. The highest BCUT2D eigenvalue weighted by Crippen LogP contribution is 2.14. The Kier molecular flexibility index (Phi) is 5.13. The van der Waals surface area contributed by atoms with Gasteiger partial charge in [0.15, 0.2) is 0 Å². The molecule has 2 N–H and O–H groups in total. The van der Waals surface area contributed by atoms with Crippen molar-refractivity contribution in [1.82, 2.24) is 20.4 Å². The van der Waals surface area contributed by atoms with E-state index in [1.54, 1.807) is 20.8 Å². The standard InChI is InChI=1S/C11H14Cl2N4O3/c1-11(2,3)16-10(20)15-7(18)5-17-9(19)8(13)6(12)4-14-17/h4H,5H2,1-3H3,(H2,15,16,18,20). The summed E-state index contributed by atoms with van der Waals surface area (Å²) in [5.41, 5.74) is -1.19. The van der Waals surface area contributed by atoms with Crippen molar-refractivity contribution in [2.45, 2.75) is 32.9 Å². The monoisotopic (exact) mass is 320 g/mol. The lowest BCUT2D eigenvalue weighted by atomic mass is 10.1. The summed E-state index contributed by atoms with van der Waals surface area (Å²) in [5.74, 6) is -0.695. The lowest BCUT2D eigenvalue weighted by Gasteiger charge is -2.20. The second-order valence-electron chi connectivity index (χ2n) is 5.02. The van der Waals surface area contributed by atoms with E-state index >= 15 is 0 Å². The van der Waals surface area contributed by atoms with Crippen molar-refractivity contribution in [1.29, 1.82) is 0 Å². The van der Waals surface area contributed by atoms with E-state index < -0.39 is 29.6 Å². The third-order valence-corrected chi connectivity index (χ3v) is 2.73. The Bertz CT molecular complexity index is 592. The summed E-state index contributed by atoms with van der Waals surface area (Å²) in [6.07, 6.45) is 1.15. The molecule has 1 aromatic heterocycles. The number of rotatable bonds is 2. The number of carbonyl (C=O) groups is 2. The fourth-order valence-corrected chi connectivity index (χ4v) is 1.50. The Labute approximate surface area is 125 Å². The van der Waals surface area contributed by atoms with Crippen molar-refractivity contribution in [3.05, 3.63) is 26.6 Å². The maximum absolute atomic E-state index is 11.6. The number of halogens is 2. The molecule has 0 aromatic carbocycles. The quantitative estimate of drug-likeness (QED) is 0.855. The Morgan fingerprint density at radius 1 is 1.35 bits per heavy atom. The minimum absolute atomic E-state index is 0.00111. The topological polar surface area (TPSA) is 93.1 Å². The molecule has 0 atom stereocenters. The van der Waals surface area contributed by atoms with Crippen LogP contribution in [-0.2, 0) is 11.3 Å². The van der Waals surface area contributed by atoms with E-state index in [1.807, 2.05) is 0 Å². The molecule has 0 saturated carbocycles. The molecule has 0 aliphatic heterocycles. The molecule has 3 amide bonds. The molecule has 20 heavy (non-hydrogen) atoms. The Balaban J connectivity index is 2.71. The van der Waals surface area contributed by atoms with Crippen molar-refractivity contribution in [2.24, 2.45) is 0 Å². The van der Waals surface area contributed by atoms with Crippen LogP contribution in [0.15, 0.2) is 11.0 Å². The van der Waals surface area contributed by atoms with E-state index in [-0.39, 0.29) is 10.0 Å². The normalized spacial score (nSPS) is 11.1. The zero-order valence-corrected chi connectivity index (χ0v) is 12.7. The molecule has 110 valence electrons. The van der Waals surface area contributed by atoms with Gasteiger partial charge in [-0.1, -0.05) is 23.2 Å². The van der Waals surface area contributed by atoms with Crippen LogP contribution in [0.3, 0.4) is 0 Å². The predicted molar refractivity (Wildman–Crippen MR) is 74.9 cm³/mol. The first-order valence-electron chi connectivity index (χ1n) is 5.63. The summed E-state index contributed by atoms with van der Waals surface area (Å²) in [4.78, 5) is 34.7. The van der Waals surface area contributed by atoms with Crippen LogP contribution in [0.1, 0.15) is 20.8 Å². The maximum atomic E-state index is 11.6. The molecule has 0 radical (unpaired) electrons. The molecule has 9 heteroatoms. The highest BCUT2D eigenvalue weighted by Gasteiger charge is 2.17. The SMILES string of the molecule is CC(C)(C)NC(=O)NC(=O)Cn1ncc(Cl)c(Cl)c1=O. The molecule has 0 aliphatic rings. The molecule has 0 unspecified atom stereocenters. The van der Waals surface area contributed by atoms with E-state index in [1.165, 1.54) is 0 Å². The second kappa shape index (κ2) is 6.23. The number of hydrogen-bond donors (Lipinski definition) is 2. The van der Waals surface area contributed by atoms with Crippen molar-refractivity contribution in [3.8, 4) is 0 Å². The molecule has 0 aliphatic carbocycles. The van der Waals surface area contributed by atoms with Crippen LogP contribution in [-0.4, -0.2) is 27.3 Å². The average Bonchev–Trinajstić information content (AvgIpc) is 2.27. The van der Waals surface area contributed by atoms with Gasteiger partial charge in [0.1, 0.15) is 11.6 Å². The van der Waals surface area contributed by atoms with Crippen LogP contribution in [0.2, 0.25) is 10.0 Å². The molecule has 1 heterocycles. The molecule has 0 fully saturated rings. The zero-order valence-electron chi connectivity index (χ0n) is 11.2. The number of amides is 3. The second-order valence-corrected chi connectivity index (χ2v) is 5.81. The number of hydrogen-bond acceptors (Lipinski definition) is 4. The van der Waals surface area contributed by atoms with Crippen LogP contribution in [0.5, 0.6) is 0 Å². The minimum Gasteiger partial charge on any atom is -0.333 e. The summed E-state index contributed by atoms with van der Waals surface area (Å²) in [5, 5.41) is 8.05. The van der Waals surface area contributed by atoms with E-state index in [0.717, 1.165) is 10.9 Å². The van der Waals surface area contributed by atoms with E-state index in [2.05, 4.69) is 15.7 Å². The Hall–Kier alpha value is -1.60. The third-order valence-electron chi connectivity index (χ3n) is 1.98. The van der Waals surface area contributed by atoms with Crippen LogP contribution < -0.4 is 16.2 Å². The lowest BCUT2D eigenvalue weighted by molar-refractivity contribution is -0.120. The Morgan fingerprint density at radius 3 is 2.50 bits per heavy atom. The van der Waals surface area contributed by atoms with Crippen LogP contribution in [0.4, 0.5) is 4.79 Å². The number of carbonyl (C=O) groups excluding carboxylic acids is 2. The summed E-state index contributed by atoms with van der Waals surface area (Å²) in [6, 6.07) is -0.657. The summed E-state index contributed by atoms with van der Waals surface area (Å²) >= 11 is 11.2. The first-order chi connectivity index (χ1) is 9.10. The summed E-state index contributed by atoms with van der Waals surface area (Å²) in [6.45, 7) is 4.86. The van der Waals surface area contributed by atoms with Crippen molar-refractivity contribution in [3.63, 3.8) is 0 Å². The number of imide groups is 1. The molecule has 1 rings (SSSR count). The highest BCUT2D eigenvalue weighted by molar-refractivity contribution is 6.41. The van der Waals surface area contributed by atoms with Crippen LogP contribution >= 0.6 is 23.2 Å². The highest BCUT2D eigenvalue weighted by atomic mass is 35.5. The van der Waals surface area contributed by atoms with E-state index in [4.69, 9.17) is 23.2 Å². The molecular formula is C11H14Cl2N4O3. The Morgan fingerprint density at radius 2 is 1.95 bits per heavy atom. The zero-order chi connectivity index (χ0) is 15.5. The van der Waals surface area contributed by atoms with E-state index in [0.29, 0.717) is 0 Å². The average molecular weight is 321 g/mol. The number of nitrogens with one attached hydrogen (secondary N) is 2. The van der Waals surface area contributed by atoms with Crippen molar-refractivity contribution < 1.29 is 9.59 Å². The molecule has 0 saturated heterocycles. The van der Waals surface area contributed by atoms with Gasteiger partial charge in [-0.2, -0.15) is 5.10 Å². The maximum Gasteiger partial charge on any atom is 0.321 e. The molecule has 0 bridgehead atoms. The number of nitrogens with zero attached hydrogens (tertiary/aromatic N) is 2. The summed E-state index contributed by atoms with van der Waals surface area (Å²) < 4.78 is 0.813. The van der Waals surface area contributed by atoms with Crippen LogP contribution in [0.25, 0.3) is 0 Å². The van der Waals surface area contributed by atoms with Gasteiger partial charge in [-0.15, -0.1) is 0 Å². The first-order valence-corrected chi connectivity index (χ1v) is 6.39. The van der Waals surface area contributed by atoms with Gasteiger partial charge in [-0.3, -0.25) is 14.9 Å². The largest absolute Gasteiger partial charge is 0.333 e. The molecule has 0 spiro atoms. The minimum atomic E-state index is -0.703. The molecule has 1 aromatic rings. The smallest absolute Gasteiger partial charge is 0.321 e. The van der Waals surface area contributed by atoms with Gasteiger partial charge < -0.3 is 5.32 Å². The van der Waals surface area contributed by atoms with E-state index in [9.17, 15) is 14.4 Å².